The summed E-state index contributed by atoms with van der Waals surface area (Å²) < 4.78 is 1.55. The van der Waals surface area contributed by atoms with Gasteiger partial charge in [0.2, 0.25) is 0 Å². The first-order valence-electron chi connectivity index (χ1n) is 8.32. The van der Waals surface area contributed by atoms with Gasteiger partial charge in [-0.05, 0) is 52.4 Å². The van der Waals surface area contributed by atoms with E-state index in [1.807, 2.05) is 41.3 Å². The van der Waals surface area contributed by atoms with Gasteiger partial charge in [-0.15, -0.1) is 5.10 Å². The van der Waals surface area contributed by atoms with Crippen molar-refractivity contribution >= 4 is 17.5 Å². The lowest BCUT2D eigenvalue weighted by Gasteiger charge is -2.34. The summed E-state index contributed by atoms with van der Waals surface area (Å²) in [5, 5.41) is 15.2. The molecule has 0 saturated carbocycles. The lowest BCUT2D eigenvalue weighted by molar-refractivity contribution is 0.0703. The fourth-order valence-electron chi connectivity index (χ4n) is 3.10. The predicted octanol–water partition coefficient (Wildman–Crippen LogP) is 2.10. The van der Waals surface area contributed by atoms with E-state index in [-0.39, 0.29) is 11.9 Å². The van der Waals surface area contributed by atoms with Gasteiger partial charge >= 0.3 is 0 Å². The smallest absolute Gasteiger partial charge is 0.253 e. The molecule has 1 fully saturated rings. The molecule has 1 amide bonds. The summed E-state index contributed by atoms with van der Waals surface area (Å²) in [5.74, 6) is 0.0155. The zero-order chi connectivity index (χ0) is 17.9. The van der Waals surface area contributed by atoms with Crippen LogP contribution in [0.5, 0.6) is 0 Å². The van der Waals surface area contributed by atoms with E-state index in [1.54, 1.807) is 16.8 Å². The third-order valence-electron chi connectivity index (χ3n) is 4.44. The number of carbonyl (C=O) groups is 1. The fraction of sp³-hybridized carbons (Fsp3) is 0.222. The Labute approximate surface area is 155 Å². The Balaban J connectivity index is 1.49. The Morgan fingerprint density at radius 1 is 1.19 bits per heavy atom. The number of nitrogens with one attached hydrogen (secondary N) is 1. The molecule has 8 heteroatoms. The maximum absolute atomic E-state index is 12.9. The number of rotatable bonds is 3. The molecule has 26 heavy (non-hydrogen) atoms. The van der Waals surface area contributed by atoms with E-state index in [1.165, 1.54) is 6.33 Å². The number of halogens is 1. The summed E-state index contributed by atoms with van der Waals surface area (Å²) in [4.78, 5) is 14.7. The molecule has 7 nitrogen and oxygen atoms in total. The van der Waals surface area contributed by atoms with E-state index < -0.39 is 0 Å². The second-order valence-corrected chi connectivity index (χ2v) is 6.55. The molecule has 1 aliphatic heterocycles. The molecule has 0 radical (unpaired) electrons. The number of amides is 1. The molecule has 132 valence electrons. The highest BCUT2D eigenvalue weighted by Crippen LogP contribution is 2.22. The van der Waals surface area contributed by atoms with Crippen LogP contribution in [-0.2, 0) is 0 Å². The quantitative estimate of drug-likeness (QED) is 0.766. The van der Waals surface area contributed by atoms with E-state index in [0.717, 1.165) is 17.8 Å². The summed E-state index contributed by atoms with van der Waals surface area (Å²) in [5.41, 5.74) is 2.54. The minimum absolute atomic E-state index is 0.0155. The molecule has 3 aromatic rings. The topological polar surface area (TPSA) is 75.9 Å². The minimum atomic E-state index is 0.0155. The molecule has 1 N–H and O–H groups in total. The van der Waals surface area contributed by atoms with Crippen LogP contribution in [0.3, 0.4) is 0 Å². The molecule has 1 unspecified atom stereocenters. The van der Waals surface area contributed by atoms with Crippen molar-refractivity contribution in [2.24, 2.45) is 0 Å². The molecule has 1 saturated heterocycles. The highest BCUT2D eigenvalue weighted by atomic mass is 35.5. The van der Waals surface area contributed by atoms with Crippen molar-refractivity contribution in [2.45, 2.75) is 6.04 Å². The van der Waals surface area contributed by atoms with Crippen molar-refractivity contribution in [3.8, 4) is 5.69 Å². The first-order chi connectivity index (χ1) is 12.7. The number of nitrogens with zero attached hydrogens (tertiary/aromatic N) is 5. The van der Waals surface area contributed by atoms with Crippen LogP contribution >= 0.6 is 11.6 Å². The van der Waals surface area contributed by atoms with Crippen molar-refractivity contribution in [1.29, 1.82) is 0 Å². The number of tetrazole rings is 1. The largest absolute Gasteiger partial charge is 0.335 e. The van der Waals surface area contributed by atoms with Crippen LogP contribution in [0.2, 0.25) is 5.02 Å². The number of aromatic nitrogens is 4. The highest BCUT2D eigenvalue weighted by Gasteiger charge is 2.25. The predicted molar refractivity (Wildman–Crippen MR) is 97.3 cm³/mol. The number of piperazine rings is 1. The van der Waals surface area contributed by atoms with Crippen molar-refractivity contribution in [3.05, 3.63) is 71.0 Å². The molecule has 1 aromatic heterocycles. The van der Waals surface area contributed by atoms with E-state index in [2.05, 4.69) is 20.8 Å². The Morgan fingerprint density at radius 2 is 2.04 bits per heavy atom. The van der Waals surface area contributed by atoms with Gasteiger partial charge in [0.05, 0.1) is 11.7 Å². The first-order valence-corrected chi connectivity index (χ1v) is 8.70. The molecule has 0 aliphatic carbocycles. The zero-order valence-corrected chi connectivity index (χ0v) is 14.7. The van der Waals surface area contributed by atoms with Gasteiger partial charge in [-0.1, -0.05) is 23.7 Å². The normalized spacial score (nSPS) is 17.3. The SMILES string of the molecule is O=C(c1ccc(-n2cnnn2)cc1)N1CCNC(c2cccc(Cl)c2)C1. The van der Waals surface area contributed by atoms with Gasteiger partial charge in [0.1, 0.15) is 6.33 Å². The molecule has 0 spiro atoms. The maximum atomic E-state index is 12.9. The number of benzene rings is 2. The molecule has 1 aliphatic rings. The van der Waals surface area contributed by atoms with Gasteiger partial charge in [-0.3, -0.25) is 4.79 Å². The van der Waals surface area contributed by atoms with Gasteiger partial charge in [-0.2, -0.15) is 0 Å². The van der Waals surface area contributed by atoms with Crippen LogP contribution in [-0.4, -0.2) is 50.6 Å². The van der Waals surface area contributed by atoms with Crippen LogP contribution in [0.25, 0.3) is 5.69 Å². The lowest BCUT2D eigenvalue weighted by atomic mass is 10.0. The monoisotopic (exact) mass is 368 g/mol. The van der Waals surface area contributed by atoms with E-state index in [4.69, 9.17) is 11.6 Å². The Morgan fingerprint density at radius 3 is 2.77 bits per heavy atom. The lowest BCUT2D eigenvalue weighted by Crippen LogP contribution is -2.48. The highest BCUT2D eigenvalue weighted by molar-refractivity contribution is 6.30. The molecule has 0 bridgehead atoms. The maximum Gasteiger partial charge on any atom is 0.253 e. The van der Waals surface area contributed by atoms with E-state index in [9.17, 15) is 4.79 Å². The summed E-state index contributed by atoms with van der Waals surface area (Å²) in [6, 6.07) is 15.1. The summed E-state index contributed by atoms with van der Waals surface area (Å²) in [6.45, 7) is 2.02. The molecular weight excluding hydrogens is 352 g/mol. The van der Waals surface area contributed by atoms with Gasteiger partial charge in [0, 0.05) is 30.2 Å². The number of hydrogen-bond donors (Lipinski definition) is 1. The zero-order valence-electron chi connectivity index (χ0n) is 13.9. The van der Waals surface area contributed by atoms with Crippen molar-refractivity contribution < 1.29 is 4.79 Å². The molecule has 2 aromatic carbocycles. The summed E-state index contributed by atoms with van der Waals surface area (Å²) in [6.07, 6.45) is 1.52. The van der Waals surface area contributed by atoms with Crippen LogP contribution in [0.15, 0.2) is 54.9 Å². The van der Waals surface area contributed by atoms with Gasteiger partial charge in [0.15, 0.2) is 0 Å². The second-order valence-electron chi connectivity index (χ2n) is 6.11. The van der Waals surface area contributed by atoms with E-state index in [0.29, 0.717) is 23.7 Å². The third kappa shape index (κ3) is 3.44. The Hall–Kier alpha value is -2.77. The average molecular weight is 369 g/mol. The summed E-state index contributed by atoms with van der Waals surface area (Å²) in [7, 11) is 0. The number of carbonyl (C=O) groups excluding carboxylic acids is 1. The molecule has 4 rings (SSSR count). The minimum Gasteiger partial charge on any atom is -0.335 e. The first kappa shape index (κ1) is 16.7. The van der Waals surface area contributed by atoms with Gasteiger partial charge < -0.3 is 10.2 Å². The molecule has 2 heterocycles. The van der Waals surface area contributed by atoms with Crippen LogP contribution < -0.4 is 5.32 Å². The van der Waals surface area contributed by atoms with Crippen LogP contribution in [0.4, 0.5) is 0 Å². The second kappa shape index (κ2) is 7.23. The van der Waals surface area contributed by atoms with Gasteiger partial charge in [-0.25, -0.2) is 4.68 Å². The Bertz CT molecular complexity index is 896. The number of hydrogen-bond acceptors (Lipinski definition) is 5. The van der Waals surface area contributed by atoms with Crippen LogP contribution in [0.1, 0.15) is 22.0 Å². The fourth-order valence-corrected chi connectivity index (χ4v) is 3.30. The standard InChI is InChI=1S/C18H17ClN6O/c19-15-3-1-2-14(10-15)17-11-24(9-8-20-17)18(26)13-4-6-16(7-5-13)25-12-21-22-23-25/h1-7,10,12,17,20H,8-9,11H2. The molecular formula is C18H17ClN6O. The van der Waals surface area contributed by atoms with Crippen molar-refractivity contribution in [3.63, 3.8) is 0 Å². The summed E-state index contributed by atoms with van der Waals surface area (Å²) >= 11 is 6.09. The molecule has 1 atom stereocenters. The average Bonchev–Trinajstić information content (AvgIpc) is 3.22. The van der Waals surface area contributed by atoms with Crippen LogP contribution in [0, 0.1) is 0 Å². The van der Waals surface area contributed by atoms with E-state index >= 15 is 0 Å². The van der Waals surface area contributed by atoms with Gasteiger partial charge in [0.25, 0.3) is 5.91 Å². The van der Waals surface area contributed by atoms with Crippen molar-refractivity contribution in [2.75, 3.05) is 19.6 Å². The van der Waals surface area contributed by atoms with Crippen molar-refractivity contribution in [1.82, 2.24) is 30.4 Å². The third-order valence-corrected chi connectivity index (χ3v) is 4.68. The Kier molecular flexibility index (Phi) is 4.64.